The highest BCUT2D eigenvalue weighted by Gasteiger charge is 2.28. The Morgan fingerprint density at radius 3 is 2.63 bits per heavy atom. The summed E-state index contributed by atoms with van der Waals surface area (Å²) in [6.07, 6.45) is 2.69. The number of piperidine rings is 1. The summed E-state index contributed by atoms with van der Waals surface area (Å²) >= 11 is 0. The largest absolute Gasteiger partial charge is 0.356 e. The van der Waals surface area contributed by atoms with Gasteiger partial charge in [0.25, 0.3) is 5.56 Å². The Hall–Kier alpha value is -2.19. The minimum atomic E-state index is -3.19. The first-order valence-corrected chi connectivity index (χ1v) is 10.9. The lowest BCUT2D eigenvalue weighted by molar-refractivity contribution is -0.126. The molecule has 1 aromatic heterocycles. The van der Waals surface area contributed by atoms with Crippen LogP contribution in [0.2, 0.25) is 0 Å². The number of aromatic nitrogens is 1. The van der Waals surface area contributed by atoms with Crippen LogP contribution < -0.4 is 10.9 Å². The molecule has 0 saturated carbocycles. The maximum Gasteiger partial charge on any atom is 0.251 e. The Kier molecular flexibility index (Phi) is 5.67. The standard InChI is InChI=1S/C19H25N3O4S/c1-13-3-4-17-16(11-13)12-15(19(24)21-17)5-8-20-18(23)14-6-9-22(10-7-14)27(2,25)26/h3-4,11-12,14H,5-10H2,1-2H3,(H,20,23)(H,21,24). The van der Waals surface area contributed by atoms with Crippen LogP contribution in [0.1, 0.15) is 24.0 Å². The number of H-pyrrole nitrogens is 1. The zero-order valence-electron chi connectivity index (χ0n) is 15.6. The average molecular weight is 391 g/mol. The average Bonchev–Trinajstić information content (AvgIpc) is 2.61. The quantitative estimate of drug-likeness (QED) is 0.799. The molecule has 0 aliphatic carbocycles. The Balaban J connectivity index is 1.55. The predicted octanol–water partition coefficient (Wildman–Crippen LogP) is 1.17. The topological polar surface area (TPSA) is 99.3 Å². The molecule has 7 nitrogen and oxygen atoms in total. The highest BCUT2D eigenvalue weighted by Crippen LogP contribution is 2.19. The maximum atomic E-state index is 12.3. The zero-order valence-corrected chi connectivity index (χ0v) is 16.4. The van der Waals surface area contributed by atoms with Crippen molar-refractivity contribution in [3.05, 3.63) is 45.7 Å². The zero-order chi connectivity index (χ0) is 19.6. The van der Waals surface area contributed by atoms with Crippen molar-refractivity contribution in [2.45, 2.75) is 26.2 Å². The molecule has 0 radical (unpaired) electrons. The van der Waals surface area contributed by atoms with Crippen LogP contribution in [0, 0.1) is 12.8 Å². The summed E-state index contributed by atoms with van der Waals surface area (Å²) in [6.45, 7) is 3.13. The molecule has 1 aliphatic heterocycles. The van der Waals surface area contributed by atoms with Gasteiger partial charge in [-0.1, -0.05) is 11.6 Å². The third-order valence-electron chi connectivity index (χ3n) is 5.06. The van der Waals surface area contributed by atoms with Gasteiger partial charge in [-0.25, -0.2) is 12.7 Å². The molecule has 1 fully saturated rings. The number of aromatic amines is 1. The molecule has 2 N–H and O–H groups in total. The van der Waals surface area contributed by atoms with Crippen molar-refractivity contribution in [1.82, 2.24) is 14.6 Å². The number of carbonyl (C=O) groups is 1. The van der Waals surface area contributed by atoms with E-state index in [9.17, 15) is 18.0 Å². The van der Waals surface area contributed by atoms with E-state index in [1.807, 2.05) is 31.2 Å². The van der Waals surface area contributed by atoms with Crippen molar-refractivity contribution in [2.75, 3.05) is 25.9 Å². The number of hydrogen-bond donors (Lipinski definition) is 2. The van der Waals surface area contributed by atoms with E-state index in [1.165, 1.54) is 10.6 Å². The Bertz CT molecular complexity index is 1010. The van der Waals surface area contributed by atoms with Crippen molar-refractivity contribution in [3.63, 3.8) is 0 Å². The molecule has 2 heterocycles. The van der Waals surface area contributed by atoms with E-state index < -0.39 is 10.0 Å². The Morgan fingerprint density at radius 1 is 1.26 bits per heavy atom. The van der Waals surface area contributed by atoms with Crippen LogP contribution in [-0.2, 0) is 21.2 Å². The number of fused-ring (bicyclic) bond motifs is 1. The number of hydrogen-bond acceptors (Lipinski definition) is 4. The molecule has 0 spiro atoms. The molecule has 1 aromatic carbocycles. The number of nitrogens with one attached hydrogen (secondary N) is 2. The molecule has 0 bridgehead atoms. The second kappa shape index (κ2) is 7.82. The molecule has 3 rings (SSSR count). The second-order valence-corrected chi connectivity index (χ2v) is 9.17. The smallest absolute Gasteiger partial charge is 0.251 e. The van der Waals surface area contributed by atoms with E-state index in [-0.39, 0.29) is 17.4 Å². The van der Waals surface area contributed by atoms with Gasteiger partial charge in [0.15, 0.2) is 0 Å². The fraction of sp³-hybridized carbons (Fsp3) is 0.474. The molecule has 2 aromatic rings. The lowest BCUT2D eigenvalue weighted by atomic mass is 9.97. The lowest BCUT2D eigenvalue weighted by Gasteiger charge is -2.29. The van der Waals surface area contributed by atoms with Gasteiger partial charge in [0, 0.05) is 36.6 Å². The van der Waals surface area contributed by atoms with Crippen LogP contribution in [0.15, 0.2) is 29.1 Å². The van der Waals surface area contributed by atoms with E-state index >= 15 is 0 Å². The van der Waals surface area contributed by atoms with Gasteiger partial charge in [-0.15, -0.1) is 0 Å². The van der Waals surface area contributed by atoms with E-state index in [2.05, 4.69) is 10.3 Å². The number of pyridine rings is 1. The van der Waals surface area contributed by atoms with Crippen LogP contribution in [0.5, 0.6) is 0 Å². The van der Waals surface area contributed by atoms with Gasteiger partial charge in [0.05, 0.1) is 6.26 Å². The second-order valence-electron chi connectivity index (χ2n) is 7.19. The van der Waals surface area contributed by atoms with Gasteiger partial charge < -0.3 is 10.3 Å². The van der Waals surface area contributed by atoms with Crippen molar-refractivity contribution in [1.29, 1.82) is 0 Å². The lowest BCUT2D eigenvalue weighted by Crippen LogP contribution is -2.43. The van der Waals surface area contributed by atoms with Crippen LogP contribution in [0.3, 0.4) is 0 Å². The van der Waals surface area contributed by atoms with Crippen molar-refractivity contribution < 1.29 is 13.2 Å². The third-order valence-corrected chi connectivity index (χ3v) is 6.37. The summed E-state index contributed by atoms with van der Waals surface area (Å²) in [5.41, 5.74) is 2.42. The van der Waals surface area contributed by atoms with Gasteiger partial charge in [0.2, 0.25) is 15.9 Å². The SMILES string of the molecule is Cc1ccc2[nH]c(=O)c(CCNC(=O)C3CCN(S(C)(=O)=O)CC3)cc2c1. The van der Waals surface area contributed by atoms with E-state index in [1.54, 1.807) is 0 Å². The van der Waals surface area contributed by atoms with E-state index in [0.717, 1.165) is 16.5 Å². The number of aryl methyl sites for hydroxylation is 1. The fourth-order valence-electron chi connectivity index (χ4n) is 3.47. The maximum absolute atomic E-state index is 12.3. The summed E-state index contributed by atoms with van der Waals surface area (Å²) < 4.78 is 24.5. The van der Waals surface area contributed by atoms with E-state index in [0.29, 0.717) is 44.5 Å². The Morgan fingerprint density at radius 2 is 1.96 bits per heavy atom. The molecular formula is C19H25N3O4S. The summed E-state index contributed by atoms with van der Waals surface area (Å²) in [4.78, 5) is 27.4. The first-order valence-electron chi connectivity index (χ1n) is 9.09. The summed E-state index contributed by atoms with van der Waals surface area (Å²) in [6, 6.07) is 7.73. The molecule has 27 heavy (non-hydrogen) atoms. The van der Waals surface area contributed by atoms with Crippen molar-refractivity contribution in [3.8, 4) is 0 Å². The molecule has 1 amide bonds. The van der Waals surface area contributed by atoms with Gasteiger partial charge in [-0.2, -0.15) is 0 Å². The number of amides is 1. The Labute approximate surface area is 158 Å². The van der Waals surface area contributed by atoms with Crippen molar-refractivity contribution in [2.24, 2.45) is 5.92 Å². The molecule has 0 atom stereocenters. The van der Waals surface area contributed by atoms with E-state index in [4.69, 9.17) is 0 Å². The van der Waals surface area contributed by atoms with Crippen LogP contribution in [0.25, 0.3) is 10.9 Å². The molecule has 0 unspecified atom stereocenters. The monoisotopic (exact) mass is 391 g/mol. The summed E-state index contributed by atoms with van der Waals surface area (Å²) in [5.74, 6) is -0.253. The van der Waals surface area contributed by atoms with Crippen LogP contribution in [0.4, 0.5) is 0 Å². The number of carbonyl (C=O) groups excluding carboxylic acids is 1. The first kappa shape index (κ1) is 19.6. The molecule has 8 heteroatoms. The van der Waals surface area contributed by atoms with Gasteiger partial charge in [-0.3, -0.25) is 9.59 Å². The van der Waals surface area contributed by atoms with Crippen LogP contribution >= 0.6 is 0 Å². The fourth-order valence-corrected chi connectivity index (χ4v) is 4.35. The summed E-state index contributed by atoms with van der Waals surface area (Å²) in [5, 5.41) is 3.86. The molecule has 1 saturated heterocycles. The van der Waals surface area contributed by atoms with Crippen molar-refractivity contribution >= 4 is 26.8 Å². The number of rotatable bonds is 5. The minimum absolute atomic E-state index is 0.0730. The first-order chi connectivity index (χ1) is 12.7. The minimum Gasteiger partial charge on any atom is -0.356 e. The van der Waals surface area contributed by atoms with Gasteiger partial charge >= 0.3 is 0 Å². The molecule has 146 valence electrons. The number of nitrogens with zero attached hydrogens (tertiary/aromatic N) is 1. The highest BCUT2D eigenvalue weighted by atomic mass is 32.2. The number of sulfonamides is 1. The normalized spacial score (nSPS) is 16.5. The number of benzene rings is 1. The van der Waals surface area contributed by atoms with Crippen LogP contribution in [-0.4, -0.2) is 49.5 Å². The van der Waals surface area contributed by atoms with Gasteiger partial charge in [0.1, 0.15) is 0 Å². The van der Waals surface area contributed by atoms with Gasteiger partial charge in [-0.05, 0) is 49.8 Å². The molecular weight excluding hydrogens is 366 g/mol. The molecule has 1 aliphatic rings. The summed E-state index contributed by atoms with van der Waals surface area (Å²) in [7, 11) is -3.19. The third kappa shape index (κ3) is 4.75. The highest BCUT2D eigenvalue weighted by molar-refractivity contribution is 7.88. The predicted molar refractivity (Wildman–Crippen MR) is 105 cm³/mol.